The monoisotopic (exact) mass is 182 g/mol. The van der Waals surface area contributed by atoms with Gasteiger partial charge in [0.15, 0.2) is 0 Å². The summed E-state index contributed by atoms with van der Waals surface area (Å²) >= 11 is 3.80. The Balaban J connectivity index is 2.46. The van der Waals surface area contributed by atoms with E-state index < -0.39 is 0 Å². The summed E-state index contributed by atoms with van der Waals surface area (Å²) < 4.78 is 0. The third-order valence-corrected chi connectivity index (χ3v) is 4.31. The SMILES string of the molecule is C=C1c2sccc2CSC1C. The summed E-state index contributed by atoms with van der Waals surface area (Å²) in [7, 11) is 0. The molecule has 11 heavy (non-hydrogen) atoms. The lowest BCUT2D eigenvalue weighted by atomic mass is 10.1. The van der Waals surface area contributed by atoms with Gasteiger partial charge in [0.1, 0.15) is 0 Å². The first-order valence-electron chi connectivity index (χ1n) is 3.66. The predicted molar refractivity (Wildman–Crippen MR) is 54.1 cm³/mol. The summed E-state index contributed by atoms with van der Waals surface area (Å²) in [5.41, 5.74) is 2.79. The molecule has 1 atom stereocenters. The minimum atomic E-state index is 0.612. The van der Waals surface area contributed by atoms with E-state index >= 15 is 0 Å². The van der Waals surface area contributed by atoms with E-state index in [1.54, 1.807) is 0 Å². The van der Waals surface area contributed by atoms with Gasteiger partial charge in [0, 0.05) is 15.9 Å². The second-order valence-corrected chi connectivity index (χ2v) is 5.00. The maximum absolute atomic E-state index is 4.10. The van der Waals surface area contributed by atoms with E-state index in [1.807, 2.05) is 23.1 Å². The van der Waals surface area contributed by atoms with Crippen LogP contribution in [-0.2, 0) is 5.75 Å². The van der Waals surface area contributed by atoms with Crippen molar-refractivity contribution in [2.24, 2.45) is 0 Å². The molecule has 1 aromatic rings. The average molecular weight is 182 g/mol. The minimum Gasteiger partial charge on any atom is -0.149 e. The lowest BCUT2D eigenvalue weighted by Crippen LogP contribution is -2.05. The molecule has 0 aliphatic carbocycles. The van der Waals surface area contributed by atoms with Gasteiger partial charge in [0.05, 0.1) is 0 Å². The molecule has 1 unspecified atom stereocenters. The number of rotatable bonds is 0. The third-order valence-electron chi connectivity index (χ3n) is 2.02. The summed E-state index contributed by atoms with van der Waals surface area (Å²) in [6.45, 7) is 6.33. The van der Waals surface area contributed by atoms with Crippen LogP contribution < -0.4 is 0 Å². The molecule has 1 aliphatic heterocycles. The fourth-order valence-electron chi connectivity index (χ4n) is 1.23. The predicted octanol–water partition coefficient (Wildman–Crippen LogP) is 3.40. The van der Waals surface area contributed by atoms with Crippen molar-refractivity contribution in [1.82, 2.24) is 0 Å². The number of fused-ring (bicyclic) bond motifs is 1. The van der Waals surface area contributed by atoms with Crippen molar-refractivity contribution in [3.63, 3.8) is 0 Å². The van der Waals surface area contributed by atoms with Gasteiger partial charge in [-0.15, -0.1) is 23.1 Å². The van der Waals surface area contributed by atoms with E-state index in [4.69, 9.17) is 0 Å². The zero-order chi connectivity index (χ0) is 7.84. The lowest BCUT2D eigenvalue weighted by molar-refractivity contribution is 1.22. The topological polar surface area (TPSA) is 0 Å². The van der Waals surface area contributed by atoms with Crippen molar-refractivity contribution in [3.8, 4) is 0 Å². The molecule has 58 valence electrons. The van der Waals surface area contributed by atoms with Gasteiger partial charge < -0.3 is 0 Å². The van der Waals surface area contributed by atoms with Crippen molar-refractivity contribution < 1.29 is 0 Å². The van der Waals surface area contributed by atoms with Gasteiger partial charge in [-0.25, -0.2) is 0 Å². The second kappa shape index (κ2) is 2.68. The molecule has 0 spiro atoms. The molecule has 0 nitrogen and oxygen atoms in total. The Hall–Kier alpha value is -0.210. The summed E-state index contributed by atoms with van der Waals surface area (Å²) in [5.74, 6) is 1.17. The van der Waals surface area contributed by atoms with Crippen LogP contribution in [0.1, 0.15) is 17.4 Å². The van der Waals surface area contributed by atoms with Gasteiger partial charge in [-0.3, -0.25) is 0 Å². The minimum absolute atomic E-state index is 0.612. The third kappa shape index (κ3) is 1.14. The first-order chi connectivity index (χ1) is 5.29. The molecule has 0 radical (unpaired) electrons. The molecule has 0 saturated heterocycles. The molecule has 0 aromatic carbocycles. The van der Waals surface area contributed by atoms with Gasteiger partial charge in [-0.2, -0.15) is 0 Å². The van der Waals surface area contributed by atoms with E-state index in [9.17, 15) is 0 Å². The zero-order valence-electron chi connectivity index (χ0n) is 6.46. The Labute approximate surface area is 75.3 Å². The highest BCUT2D eigenvalue weighted by Gasteiger charge is 2.19. The molecule has 2 heteroatoms. The molecule has 0 saturated carbocycles. The maximum atomic E-state index is 4.10. The lowest BCUT2D eigenvalue weighted by Gasteiger charge is -2.20. The molecular formula is C9H10S2. The van der Waals surface area contributed by atoms with Crippen LogP contribution in [0.15, 0.2) is 18.0 Å². The normalized spacial score (nSPS) is 23.4. The highest BCUT2D eigenvalue weighted by Crippen LogP contribution is 2.39. The first kappa shape index (κ1) is 7.44. The highest BCUT2D eigenvalue weighted by atomic mass is 32.2. The standard InChI is InChI=1S/C9H10S2/c1-6-7(2)11-5-8-3-4-10-9(6)8/h3-4,7H,1,5H2,2H3. The smallest absolute Gasteiger partial charge is 0.0347 e. The van der Waals surface area contributed by atoms with Crippen LogP contribution in [0.5, 0.6) is 0 Å². The molecule has 0 N–H and O–H groups in total. The fraction of sp³-hybridized carbons (Fsp3) is 0.333. The van der Waals surface area contributed by atoms with Crippen molar-refractivity contribution in [2.45, 2.75) is 17.9 Å². The molecule has 1 aliphatic rings. The quantitative estimate of drug-likeness (QED) is 0.592. The van der Waals surface area contributed by atoms with Crippen molar-refractivity contribution in [1.29, 1.82) is 0 Å². The van der Waals surface area contributed by atoms with Crippen LogP contribution in [-0.4, -0.2) is 5.25 Å². The Bertz CT molecular complexity index is 286. The zero-order valence-corrected chi connectivity index (χ0v) is 8.10. The van der Waals surface area contributed by atoms with Crippen LogP contribution in [0.2, 0.25) is 0 Å². The van der Waals surface area contributed by atoms with Crippen molar-refractivity contribution in [2.75, 3.05) is 0 Å². The van der Waals surface area contributed by atoms with E-state index in [0.29, 0.717) is 5.25 Å². The Kier molecular flexibility index (Phi) is 1.81. The largest absolute Gasteiger partial charge is 0.149 e. The number of hydrogen-bond acceptors (Lipinski definition) is 2. The molecule has 0 amide bonds. The Morgan fingerprint density at radius 1 is 1.64 bits per heavy atom. The van der Waals surface area contributed by atoms with E-state index in [2.05, 4.69) is 24.9 Å². The summed E-state index contributed by atoms with van der Waals surface area (Å²) in [6, 6.07) is 2.21. The van der Waals surface area contributed by atoms with Crippen LogP contribution in [0.4, 0.5) is 0 Å². The van der Waals surface area contributed by atoms with Crippen molar-refractivity contribution >= 4 is 28.7 Å². The van der Waals surface area contributed by atoms with Gasteiger partial charge in [0.25, 0.3) is 0 Å². The van der Waals surface area contributed by atoms with Crippen molar-refractivity contribution in [3.05, 3.63) is 28.5 Å². The van der Waals surface area contributed by atoms with Crippen LogP contribution >= 0.6 is 23.1 Å². The van der Waals surface area contributed by atoms with E-state index in [-0.39, 0.29) is 0 Å². The highest BCUT2D eigenvalue weighted by molar-refractivity contribution is 7.99. The maximum Gasteiger partial charge on any atom is 0.0347 e. The summed E-state index contributed by atoms with van der Waals surface area (Å²) in [6.07, 6.45) is 0. The molecule has 2 rings (SSSR count). The number of thiophene rings is 1. The van der Waals surface area contributed by atoms with Crippen LogP contribution in [0.25, 0.3) is 5.57 Å². The van der Waals surface area contributed by atoms with Gasteiger partial charge in [0.2, 0.25) is 0 Å². The molecule has 1 aromatic heterocycles. The molecule has 0 bridgehead atoms. The molecular weight excluding hydrogens is 172 g/mol. The van der Waals surface area contributed by atoms with E-state index in [0.717, 1.165) is 0 Å². The number of hydrogen-bond donors (Lipinski definition) is 0. The Morgan fingerprint density at radius 3 is 3.27 bits per heavy atom. The van der Waals surface area contributed by atoms with Gasteiger partial charge in [-0.1, -0.05) is 6.58 Å². The van der Waals surface area contributed by atoms with Gasteiger partial charge in [-0.05, 0) is 29.5 Å². The second-order valence-electron chi connectivity index (χ2n) is 2.75. The van der Waals surface area contributed by atoms with E-state index in [1.165, 1.54) is 21.8 Å². The molecule has 0 fully saturated rings. The Morgan fingerprint density at radius 2 is 2.45 bits per heavy atom. The number of thioether (sulfide) groups is 1. The first-order valence-corrected chi connectivity index (χ1v) is 5.59. The summed E-state index contributed by atoms with van der Waals surface area (Å²) in [5, 5.41) is 2.77. The molecule has 2 heterocycles. The van der Waals surface area contributed by atoms with Crippen LogP contribution in [0, 0.1) is 0 Å². The van der Waals surface area contributed by atoms with Crippen LogP contribution in [0.3, 0.4) is 0 Å². The van der Waals surface area contributed by atoms with Gasteiger partial charge >= 0.3 is 0 Å². The average Bonchev–Trinajstić information content (AvgIpc) is 2.45. The fourth-order valence-corrected chi connectivity index (χ4v) is 3.37. The summed E-state index contributed by atoms with van der Waals surface area (Å²) in [4.78, 5) is 1.43.